The number of aromatic nitrogens is 1. The summed E-state index contributed by atoms with van der Waals surface area (Å²) in [5, 5.41) is 11.4. The van der Waals surface area contributed by atoms with Crippen molar-refractivity contribution in [1.82, 2.24) is 4.98 Å². The molecule has 3 rings (SSSR count). The molecule has 0 radical (unpaired) electrons. The summed E-state index contributed by atoms with van der Waals surface area (Å²) >= 11 is 7.32. The topological polar surface area (TPSA) is 71.8 Å². The molecule has 1 aromatic heterocycles. The van der Waals surface area contributed by atoms with Crippen LogP contribution in [0.25, 0.3) is 6.08 Å². The molecule has 0 fully saturated rings. The van der Waals surface area contributed by atoms with Gasteiger partial charge in [0.15, 0.2) is 0 Å². The fraction of sp³-hybridized carbons (Fsp3) is 0.105. The Labute approximate surface area is 160 Å². The van der Waals surface area contributed by atoms with E-state index in [1.54, 1.807) is 55.6 Å². The number of esters is 1. The van der Waals surface area contributed by atoms with Gasteiger partial charge in [-0.15, -0.1) is 0 Å². The fourth-order valence-electron chi connectivity index (χ4n) is 2.24. The molecule has 0 saturated heterocycles. The van der Waals surface area contributed by atoms with Gasteiger partial charge in [-0.05, 0) is 37.3 Å². The SMILES string of the molecule is CCOC(=O)C1=C(O)C(=Cc2ccccn2)SC1=Nc1ccccc1Cl. The molecule has 0 aliphatic carbocycles. The first kappa shape index (κ1) is 18.2. The molecule has 0 spiro atoms. The van der Waals surface area contributed by atoms with Crippen molar-refractivity contribution in [3.63, 3.8) is 0 Å². The van der Waals surface area contributed by atoms with Crippen LogP contribution in [0.5, 0.6) is 0 Å². The quantitative estimate of drug-likeness (QED) is 0.754. The monoisotopic (exact) mass is 386 g/mol. The molecule has 0 unspecified atom stereocenters. The van der Waals surface area contributed by atoms with Gasteiger partial charge in [-0.25, -0.2) is 9.79 Å². The highest BCUT2D eigenvalue weighted by molar-refractivity contribution is 8.18. The van der Waals surface area contributed by atoms with E-state index in [1.807, 2.05) is 6.07 Å². The molecule has 0 amide bonds. The first-order valence-corrected chi connectivity index (χ1v) is 9.04. The van der Waals surface area contributed by atoms with Crippen LogP contribution in [0.1, 0.15) is 12.6 Å². The van der Waals surface area contributed by atoms with Gasteiger partial charge < -0.3 is 9.84 Å². The van der Waals surface area contributed by atoms with Crippen molar-refractivity contribution >= 4 is 46.1 Å². The number of carbonyl (C=O) groups is 1. The third kappa shape index (κ3) is 3.98. The summed E-state index contributed by atoms with van der Waals surface area (Å²) in [6, 6.07) is 12.5. The highest BCUT2D eigenvalue weighted by Gasteiger charge is 2.33. The number of hydrogen-bond acceptors (Lipinski definition) is 6. The number of carbonyl (C=O) groups excluding carboxylic acids is 1. The van der Waals surface area contributed by atoms with E-state index in [0.717, 1.165) is 0 Å². The van der Waals surface area contributed by atoms with Crippen LogP contribution in [-0.4, -0.2) is 27.7 Å². The zero-order valence-electron chi connectivity index (χ0n) is 13.8. The minimum atomic E-state index is -0.632. The Kier molecular flexibility index (Phi) is 5.75. The van der Waals surface area contributed by atoms with Crippen LogP contribution in [0.4, 0.5) is 5.69 Å². The second-order valence-electron chi connectivity index (χ2n) is 5.18. The van der Waals surface area contributed by atoms with E-state index in [1.165, 1.54) is 11.8 Å². The number of pyridine rings is 1. The van der Waals surface area contributed by atoms with Gasteiger partial charge in [-0.2, -0.15) is 0 Å². The number of ether oxygens (including phenoxy) is 1. The summed E-state index contributed by atoms with van der Waals surface area (Å²) < 4.78 is 5.07. The number of thioether (sulfide) groups is 1. The number of aliphatic imine (C=N–C) groups is 1. The second-order valence-corrected chi connectivity index (χ2v) is 6.62. The Hall–Kier alpha value is -2.57. The van der Waals surface area contributed by atoms with Gasteiger partial charge in [0, 0.05) is 6.20 Å². The third-order valence-electron chi connectivity index (χ3n) is 3.41. The molecule has 1 aliphatic rings. The van der Waals surface area contributed by atoms with Gasteiger partial charge in [0.2, 0.25) is 0 Å². The van der Waals surface area contributed by atoms with Crippen molar-refractivity contribution in [2.75, 3.05) is 6.61 Å². The Morgan fingerprint density at radius 3 is 2.77 bits per heavy atom. The zero-order valence-corrected chi connectivity index (χ0v) is 15.4. The van der Waals surface area contributed by atoms with Crippen LogP contribution in [0.15, 0.2) is 69.9 Å². The van der Waals surface area contributed by atoms with Crippen LogP contribution in [0.3, 0.4) is 0 Å². The Bertz CT molecular complexity index is 923. The molecular formula is C19H15ClN2O3S. The summed E-state index contributed by atoms with van der Waals surface area (Å²) in [6.07, 6.45) is 3.34. The maximum absolute atomic E-state index is 12.3. The number of aliphatic hydroxyl groups is 1. The number of para-hydroxylation sites is 1. The number of halogens is 1. The molecule has 0 saturated carbocycles. The average Bonchev–Trinajstić information content (AvgIpc) is 2.93. The van der Waals surface area contributed by atoms with E-state index in [0.29, 0.717) is 26.4 Å². The molecule has 1 aliphatic heterocycles. The molecule has 2 aromatic rings. The predicted octanol–water partition coefficient (Wildman–Crippen LogP) is 4.93. The number of benzene rings is 1. The molecule has 26 heavy (non-hydrogen) atoms. The highest BCUT2D eigenvalue weighted by Crippen LogP contribution is 2.40. The number of aliphatic hydroxyl groups excluding tert-OH is 1. The minimum Gasteiger partial charge on any atom is -0.506 e. The minimum absolute atomic E-state index is 0.0268. The van der Waals surface area contributed by atoms with Gasteiger partial charge in [0.1, 0.15) is 16.4 Å². The summed E-state index contributed by atoms with van der Waals surface area (Å²) in [5.41, 5.74) is 1.19. The van der Waals surface area contributed by atoms with E-state index in [2.05, 4.69) is 9.98 Å². The smallest absolute Gasteiger partial charge is 0.344 e. The lowest BCUT2D eigenvalue weighted by Gasteiger charge is -2.04. The number of rotatable bonds is 4. The Morgan fingerprint density at radius 2 is 2.08 bits per heavy atom. The largest absolute Gasteiger partial charge is 0.506 e. The van der Waals surface area contributed by atoms with Crippen LogP contribution < -0.4 is 0 Å². The van der Waals surface area contributed by atoms with E-state index < -0.39 is 5.97 Å². The third-order valence-corrected chi connectivity index (χ3v) is 4.75. The van der Waals surface area contributed by atoms with Crippen molar-refractivity contribution in [2.24, 2.45) is 4.99 Å². The van der Waals surface area contributed by atoms with Crippen LogP contribution in [0, 0.1) is 0 Å². The normalized spacial score (nSPS) is 17.2. The van der Waals surface area contributed by atoms with Crippen molar-refractivity contribution < 1.29 is 14.6 Å². The van der Waals surface area contributed by atoms with Crippen LogP contribution in [-0.2, 0) is 9.53 Å². The molecular weight excluding hydrogens is 372 g/mol. The van der Waals surface area contributed by atoms with E-state index in [4.69, 9.17) is 16.3 Å². The van der Waals surface area contributed by atoms with Gasteiger partial charge >= 0.3 is 5.97 Å². The first-order valence-electron chi connectivity index (χ1n) is 7.85. The molecule has 1 aromatic carbocycles. The molecule has 0 bridgehead atoms. The molecule has 0 atom stereocenters. The second kappa shape index (κ2) is 8.21. The van der Waals surface area contributed by atoms with Crippen molar-refractivity contribution in [1.29, 1.82) is 0 Å². The molecule has 7 heteroatoms. The van der Waals surface area contributed by atoms with Gasteiger partial charge in [0.25, 0.3) is 0 Å². The fourth-order valence-corrected chi connectivity index (χ4v) is 3.43. The lowest BCUT2D eigenvalue weighted by atomic mass is 10.2. The van der Waals surface area contributed by atoms with Gasteiger partial charge in [-0.3, -0.25) is 4.98 Å². The van der Waals surface area contributed by atoms with Crippen molar-refractivity contribution in [2.45, 2.75) is 6.92 Å². The average molecular weight is 387 g/mol. The summed E-state index contributed by atoms with van der Waals surface area (Å²) in [6.45, 7) is 1.89. The standard InChI is InChI=1S/C19H15ClN2O3S/c1-2-25-19(24)16-17(23)15(11-12-7-5-6-10-21-12)26-18(16)22-14-9-4-3-8-13(14)20/h3-11,23H,2H2,1H3. The lowest BCUT2D eigenvalue weighted by molar-refractivity contribution is -0.138. The van der Waals surface area contributed by atoms with Crippen LogP contribution >= 0.6 is 23.4 Å². The van der Waals surface area contributed by atoms with Crippen molar-refractivity contribution in [3.8, 4) is 0 Å². The molecule has 2 heterocycles. The zero-order chi connectivity index (χ0) is 18.5. The highest BCUT2D eigenvalue weighted by atomic mass is 35.5. The summed E-state index contributed by atoms with van der Waals surface area (Å²) in [4.78, 5) is 21.5. The molecule has 132 valence electrons. The summed E-state index contributed by atoms with van der Waals surface area (Å²) in [5.74, 6) is -0.808. The van der Waals surface area contributed by atoms with E-state index in [9.17, 15) is 9.90 Å². The first-order chi connectivity index (χ1) is 12.6. The van der Waals surface area contributed by atoms with Gasteiger partial charge in [-0.1, -0.05) is 41.6 Å². The van der Waals surface area contributed by atoms with Crippen LogP contribution in [0.2, 0.25) is 5.02 Å². The molecule has 5 nitrogen and oxygen atoms in total. The number of hydrogen-bond donors (Lipinski definition) is 1. The lowest BCUT2D eigenvalue weighted by Crippen LogP contribution is -2.12. The Morgan fingerprint density at radius 1 is 1.31 bits per heavy atom. The Balaban J connectivity index is 2.06. The number of nitrogens with zero attached hydrogens (tertiary/aromatic N) is 2. The summed E-state index contributed by atoms with van der Waals surface area (Å²) in [7, 11) is 0. The predicted molar refractivity (Wildman–Crippen MR) is 105 cm³/mol. The maximum Gasteiger partial charge on any atom is 0.344 e. The van der Waals surface area contributed by atoms with E-state index >= 15 is 0 Å². The maximum atomic E-state index is 12.3. The van der Waals surface area contributed by atoms with Crippen molar-refractivity contribution in [3.05, 3.63) is 75.6 Å². The van der Waals surface area contributed by atoms with E-state index in [-0.39, 0.29) is 17.9 Å². The van der Waals surface area contributed by atoms with Gasteiger partial charge in [0.05, 0.1) is 27.9 Å². The molecule has 1 N–H and O–H groups in total.